The summed E-state index contributed by atoms with van der Waals surface area (Å²) in [7, 11) is 0. The fourth-order valence-corrected chi connectivity index (χ4v) is 3.30. The zero-order valence-electron chi connectivity index (χ0n) is 16.6. The van der Waals surface area contributed by atoms with E-state index >= 15 is 0 Å². The zero-order chi connectivity index (χ0) is 20.8. The van der Waals surface area contributed by atoms with Gasteiger partial charge in [0, 0.05) is 23.0 Å². The molecule has 1 saturated carbocycles. The molecular weight excluding hydrogens is 386 g/mol. The predicted octanol–water partition coefficient (Wildman–Crippen LogP) is 3.96. The summed E-state index contributed by atoms with van der Waals surface area (Å²) in [6.45, 7) is 3.88. The molecule has 3 amide bonds. The van der Waals surface area contributed by atoms with Crippen molar-refractivity contribution in [1.82, 2.24) is 0 Å². The smallest absolute Gasteiger partial charge is 0.234 e. The lowest BCUT2D eigenvalue weighted by molar-refractivity contribution is -0.117. The topological polar surface area (TPSA) is 87.3 Å². The number of hydrogen-bond donors (Lipinski definition) is 3. The third kappa shape index (κ3) is 6.64. The number of thioether (sulfide) groups is 1. The Morgan fingerprint density at radius 3 is 2.14 bits per heavy atom. The zero-order valence-corrected chi connectivity index (χ0v) is 17.4. The number of benzene rings is 2. The van der Waals surface area contributed by atoms with Crippen LogP contribution >= 0.6 is 11.8 Å². The van der Waals surface area contributed by atoms with Crippen LogP contribution in [0.2, 0.25) is 0 Å². The van der Waals surface area contributed by atoms with Gasteiger partial charge >= 0.3 is 0 Å². The van der Waals surface area contributed by atoms with Gasteiger partial charge in [-0.1, -0.05) is 23.8 Å². The molecule has 0 saturated heterocycles. The average Bonchev–Trinajstić information content (AvgIpc) is 3.52. The Balaban J connectivity index is 1.44. The van der Waals surface area contributed by atoms with Gasteiger partial charge < -0.3 is 16.0 Å². The second-order valence-electron chi connectivity index (χ2n) is 7.25. The van der Waals surface area contributed by atoms with Gasteiger partial charge in [0.05, 0.1) is 11.5 Å². The molecule has 2 aromatic rings. The Hall–Kier alpha value is -2.80. The van der Waals surface area contributed by atoms with Crippen molar-refractivity contribution in [2.75, 3.05) is 27.5 Å². The molecule has 7 heteroatoms. The highest BCUT2D eigenvalue weighted by atomic mass is 32.2. The van der Waals surface area contributed by atoms with Crippen LogP contribution in [0, 0.1) is 19.8 Å². The number of hydrogen-bond acceptors (Lipinski definition) is 4. The van der Waals surface area contributed by atoms with Crippen LogP contribution in [0.1, 0.15) is 24.0 Å². The molecule has 0 radical (unpaired) electrons. The highest BCUT2D eigenvalue weighted by molar-refractivity contribution is 8.00. The normalized spacial score (nSPS) is 12.9. The second-order valence-corrected chi connectivity index (χ2v) is 8.23. The molecular formula is C22H25N3O3S. The quantitative estimate of drug-likeness (QED) is 0.614. The van der Waals surface area contributed by atoms with E-state index in [-0.39, 0.29) is 35.1 Å². The SMILES string of the molecule is Cc1ccc(NC(=O)CSCC(=O)Nc2cc(NC(=O)C3CC3)ccc2C)cc1. The number of rotatable bonds is 8. The molecule has 0 spiro atoms. The summed E-state index contributed by atoms with van der Waals surface area (Å²) in [5.74, 6) is 0.176. The fourth-order valence-electron chi connectivity index (χ4n) is 2.68. The summed E-state index contributed by atoms with van der Waals surface area (Å²) in [4.78, 5) is 36.1. The lowest BCUT2D eigenvalue weighted by Gasteiger charge is -2.11. The minimum Gasteiger partial charge on any atom is -0.326 e. The van der Waals surface area contributed by atoms with E-state index in [1.165, 1.54) is 11.8 Å². The molecule has 1 aliphatic carbocycles. The fraction of sp³-hybridized carbons (Fsp3) is 0.318. The molecule has 2 aromatic carbocycles. The van der Waals surface area contributed by atoms with E-state index < -0.39 is 0 Å². The van der Waals surface area contributed by atoms with Gasteiger partial charge in [0.1, 0.15) is 0 Å². The summed E-state index contributed by atoms with van der Waals surface area (Å²) in [5, 5.41) is 8.55. The highest BCUT2D eigenvalue weighted by Gasteiger charge is 2.29. The molecule has 1 fully saturated rings. The maximum Gasteiger partial charge on any atom is 0.234 e. The summed E-state index contributed by atoms with van der Waals surface area (Å²) < 4.78 is 0. The van der Waals surface area contributed by atoms with E-state index in [9.17, 15) is 14.4 Å². The van der Waals surface area contributed by atoms with E-state index in [2.05, 4.69) is 16.0 Å². The molecule has 1 aliphatic rings. The number of aryl methyl sites for hydroxylation is 2. The van der Waals surface area contributed by atoms with Crippen LogP contribution in [0.3, 0.4) is 0 Å². The van der Waals surface area contributed by atoms with E-state index in [1.807, 2.05) is 50.2 Å². The van der Waals surface area contributed by atoms with E-state index in [0.717, 1.165) is 29.7 Å². The maximum atomic E-state index is 12.2. The van der Waals surface area contributed by atoms with Crippen LogP contribution in [-0.2, 0) is 14.4 Å². The van der Waals surface area contributed by atoms with Crippen molar-refractivity contribution in [3.05, 3.63) is 53.6 Å². The van der Waals surface area contributed by atoms with Gasteiger partial charge in [-0.05, 0) is 56.5 Å². The molecule has 0 unspecified atom stereocenters. The Labute approximate surface area is 174 Å². The molecule has 0 bridgehead atoms. The predicted molar refractivity (Wildman–Crippen MR) is 118 cm³/mol. The molecule has 3 N–H and O–H groups in total. The molecule has 0 atom stereocenters. The minimum absolute atomic E-state index is 0.0290. The summed E-state index contributed by atoms with van der Waals surface area (Å²) in [6.07, 6.45) is 1.88. The number of amides is 3. The van der Waals surface area contributed by atoms with Crippen molar-refractivity contribution in [2.45, 2.75) is 26.7 Å². The van der Waals surface area contributed by atoms with Gasteiger partial charge in [-0.15, -0.1) is 11.8 Å². The lowest BCUT2D eigenvalue weighted by atomic mass is 10.1. The molecule has 29 heavy (non-hydrogen) atoms. The molecule has 0 aromatic heterocycles. The molecule has 0 aliphatic heterocycles. The van der Waals surface area contributed by atoms with Gasteiger partial charge in [-0.3, -0.25) is 14.4 Å². The van der Waals surface area contributed by atoms with Crippen molar-refractivity contribution < 1.29 is 14.4 Å². The van der Waals surface area contributed by atoms with E-state index in [1.54, 1.807) is 6.07 Å². The standard InChI is InChI=1S/C22H25N3O3S/c1-14-3-8-17(9-4-14)23-20(26)12-29-13-21(27)25-19-11-18(10-5-15(19)2)24-22(28)16-6-7-16/h3-5,8-11,16H,6-7,12-13H2,1-2H3,(H,23,26)(H,24,28)(H,25,27). The van der Waals surface area contributed by atoms with Crippen LogP contribution in [0.4, 0.5) is 17.1 Å². The van der Waals surface area contributed by atoms with Gasteiger partial charge in [0.15, 0.2) is 0 Å². The number of anilines is 3. The van der Waals surface area contributed by atoms with Gasteiger partial charge in [0.25, 0.3) is 0 Å². The highest BCUT2D eigenvalue weighted by Crippen LogP contribution is 2.30. The number of carbonyl (C=O) groups is 3. The monoisotopic (exact) mass is 411 g/mol. The number of carbonyl (C=O) groups excluding carboxylic acids is 3. The summed E-state index contributed by atoms with van der Waals surface area (Å²) in [6, 6.07) is 13.0. The largest absolute Gasteiger partial charge is 0.326 e. The van der Waals surface area contributed by atoms with Crippen LogP contribution in [-0.4, -0.2) is 29.2 Å². The van der Waals surface area contributed by atoms with Crippen molar-refractivity contribution in [2.24, 2.45) is 5.92 Å². The third-order valence-corrected chi connectivity index (χ3v) is 5.46. The summed E-state index contributed by atoms with van der Waals surface area (Å²) >= 11 is 1.25. The first kappa shape index (κ1) is 20.9. The van der Waals surface area contributed by atoms with Crippen molar-refractivity contribution in [3.63, 3.8) is 0 Å². The summed E-state index contributed by atoms with van der Waals surface area (Å²) in [5.41, 5.74) is 4.11. The van der Waals surface area contributed by atoms with Crippen LogP contribution in [0.25, 0.3) is 0 Å². The molecule has 6 nitrogen and oxygen atoms in total. The first-order valence-electron chi connectivity index (χ1n) is 9.56. The Morgan fingerprint density at radius 2 is 1.48 bits per heavy atom. The lowest BCUT2D eigenvalue weighted by Crippen LogP contribution is -2.19. The van der Waals surface area contributed by atoms with Crippen molar-refractivity contribution in [3.8, 4) is 0 Å². The first-order valence-corrected chi connectivity index (χ1v) is 10.7. The third-order valence-electron chi connectivity index (χ3n) is 4.53. The molecule has 3 rings (SSSR count). The Kier molecular flexibility index (Phi) is 6.93. The van der Waals surface area contributed by atoms with Gasteiger partial charge in [-0.25, -0.2) is 0 Å². The van der Waals surface area contributed by atoms with Crippen molar-refractivity contribution in [1.29, 1.82) is 0 Å². The van der Waals surface area contributed by atoms with E-state index in [4.69, 9.17) is 0 Å². The Bertz CT molecular complexity index is 908. The Morgan fingerprint density at radius 1 is 0.862 bits per heavy atom. The van der Waals surface area contributed by atoms with Crippen LogP contribution < -0.4 is 16.0 Å². The first-order chi connectivity index (χ1) is 13.9. The minimum atomic E-state index is -0.188. The number of nitrogens with one attached hydrogen (secondary N) is 3. The van der Waals surface area contributed by atoms with Gasteiger partial charge in [0.2, 0.25) is 17.7 Å². The maximum absolute atomic E-state index is 12.2. The molecule has 152 valence electrons. The van der Waals surface area contributed by atoms with Crippen molar-refractivity contribution >= 4 is 46.5 Å². The van der Waals surface area contributed by atoms with Crippen LogP contribution in [0.5, 0.6) is 0 Å². The average molecular weight is 412 g/mol. The second kappa shape index (κ2) is 9.60. The molecule has 0 heterocycles. The van der Waals surface area contributed by atoms with Gasteiger partial charge in [-0.2, -0.15) is 0 Å². The van der Waals surface area contributed by atoms with E-state index in [0.29, 0.717) is 11.4 Å². The van der Waals surface area contributed by atoms with Crippen LogP contribution in [0.15, 0.2) is 42.5 Å².